The summed E-state index contributed by atoms with van der Waals surface area (Å²) in [7, 11) is 0. The molecule has 2 rings (SSSR count). The molecule has 1 saturated heterocycles. The van der Waals surface area contributed by atoms with Gasteiger partial charge in [0.2, 0.25) is 0 Å². The largest absolute Gasteiger partial charge is 0.481 e. The summed E-state index contributed by atoms with van der Waals surface area (Å²) >= 11 is 1.71. The van der Waals surface area contributed by atoms with Crippen LogP contribution in [0.15, 0.2) is 17.5 Å². The smallest absolute Gasteiger partial charge is 0.313 e. The zero-order chi connectivity index (χ0) is 13.0. The number of aliphatic carboxylic acids is 1. The van der Waals surface area contributed by atoms with E-state index < -0.39 is 11.4 Å². The molecule has 0 spiro atoms. The molecule has 2 heterocycles. The van der Waals surface area contributed by atoms with Crippen LogP contribution in [0.2, 0.25) is 0 Å². The van der Waals surface area contributed by atoms with Gasteiger partial charge in [0.25, 0.3) is 0 Å². The van der Waals surface area contributed by atoms with Crippen LogP contribution in [0.3, 0.4) is 0 Å². The Balaban J connectivity index is 2.02. The van der Waals surface area contributed by atoms with Crippen molar-refractivity contribution in [1.82, 2.24) is 4.90 Å². The molecule has 0 aliphatic carbocycles. The van der Waals surface area contributed by atoms with E-state index in [0.29, 0.717) is 26.2 Å². The zero-order valence-electron chi connectivity index (χ0n) is 10.6. The highest BCUT2D eigenvalue weighted by atomic mass is 32.1. The fourth-order valence-corrected chi connectivity index (χ4v) is 3.04. The van der Waals surface area contributed by atoms with Crippen LogP contribution in [0.1, 0.15) is 18.2 Å². The van der Waals surface area contributed by atoms with Crippen LogP contribution in [0, 0.1) is 5.41 Å². The number of rotatable bonds is 6. The van der Waals surface area contributed by atoms with E-state index in [0.717, 1.165) is 13.1 Å². The number of carboxylic acids is 1. The van der Waals surface area contributed by atoms with E-state index >= 15 is 0 Å². The molecule has 0 bridgehead atoms. The van der Waals surface area contributed by atoms with Gasteiger partial charge in [-0.05, 0) is 24.4 Å². The van der Waals surface area contributed by atoms with Gasteiger partial charge in [0.15, 0.2) is 0 Å². The molecule has 5 heteroatoms. The number of thiophene rings is 1. The maximum Gasteiger partial charge on any atom is 0.313 e. The Hall–Kier alpha value is -0.910. The van der Waals surface area contributed by atoms with Crippen molar-refractivity contribution < 1.29 is 14.6 Å². The fraction of sp³-hybridized carbons (Fsp3) is 0.615. The van der Waals surface area contributed by atoms with Crippen LogP contribution in [-0.4, -0.2) is 42.3 Å². The highest BCUT2D eigenvalue weighted by Gasteiger charge is 2.43. The first-order valence-corrected chi connectivity index (χ1v) is 7.10. The van der Waals surface area contributed by atoms with Crippen molar-refractivity contribution in [1.29, 1.82) is 0 Å². The van der Waals surface area contributed by atoms with Crippen LogP contribution in [0.4, 0.5) is 0 Å². The van der Waals surface area contributed by atoms with Crippen LogP contribution >= 0.6 is 11.3 Å². The lowest BCUT2D eigenvalue weighted by Gasteiger charge is -2.30. The third kappa shape index (κ3) is 2.91. The molecule has 1 fully saturated rings. The van der Waals surface area contributed by atoms with E-state index in [1.54, 1.807) is 11.3 Å². The van der Waals surface area contributed by atoms with E-state index in [4.69, 9.17) is 4.74 Å². The number of carbonyl (C=O) groups is 1. The van der Waals surface area contributed by atoms with Crippen LogP contribution < -0.4 is 0 Å². The number of nitrogens with zero attached hydrogens (tertiary/aromatic N) is 1. The molecule has 0 saturated carbocycles. The molecule has 18 heavy (non-hydrogen) atoms. The quantitative estimate of drug-likeness (QED) is 0.859. The molecular weight excluding hydrogens is 250 g/mol. The molecular formula is C13H19NO3S. The van der Waals surface area contributed by atoms with E-state index in [1.807, 2.05) is 6.07 Å². The molecule has 1 aromatic rings. The summed E-state index contributed by atoms with van der Waals surface area (Å²) in [5, 5.41) is 11.5. The minimum atomic E-state index is -0.732. The Morgan fingerprint density at radius 2 is 2.50 bits per heavy atom. The van der Waals surface area contributed by atoms with E-state index in [1.165, 1.54) is 4.88 Å². The van der Waals surface area contributed by atoms with Crippen LogP contribution in [0.5, 0.6) is 0 Å². The summed E-state index contributed by atoms with van der Waals surface area (Å²) in [6, 6.07) is 4.12. The molecule has 0 amide bonds. The monoisotopic (exact) mass is 269 g/mol. The predicted octanol–water partition coefficient (Wildman–Crippen LogP) is 2.06. The Labute approximate surface area is 111 Å². The molecule has 0 radical (unpaired) electrons. The molecule has 1 aliphatic rings. The average Bonchev–Trinajstić information content (AvgIpc) is 2.99. The van der Waals surface area contributed by atoms with Gasteiger partial charge in [-0.25, -0.2) is 0 Å². The van der Waals surface area contributed by atoms with Gasteiger partial charge in [0.1, 0.15) is 5.41 Å². The third-order valence-electron chi connectivity index (χ3n) is 3.49. The second kappa shape index (κ2) is 5.82. The first-order chi connectivity index (χ1) is 8.66. The fourth-order valence-electron chi connectivity index (χ4n) is 2.30. The number of carboxylic acid groups (broad SMARTS) is 1. The molecule has 0 aromatic carbocycles. The summed E-state index contributed by atoms with van der Waals surface area (Å²) in [5.41, 5.74) is -0.715. The maximum atomic E-state index is 11.5. The van der Waals surface area contributed by atoms with Crippen molar-refractivity contribution >= 4 is 17.3 Å². The van der Waals surface area contributed by atoms with Gasteiger partial charge in [-0.3, -0.25) is 9.69 Å². The molecule has 1 aliphatic heterocycles. The summed E-state index contributed by atoms with van der Waals surface area (Å²) in [6.45, 7) is 5.21. The van der Waals surface area contributed by atoms with E-state index in [9.17, 15) is 9.90 Å². The standard InChI is InChI=1S/C13H19NO3S/c1-2-14(8-11-4-3-7-18-11)9-13(12(15)16)5-6-17-10-13/h3-4,7H,2,5-6,8-10H2,1H3,(H,15,16). The third-order valence-corrected chi connectivity index (χ3v) is 4.35. The lowest BCUT2D eigenvalue weighted by atomic mass is 9.87. The normalized spacial score (nSPS) is 23.7. The lowest BCUT2D eigenvalue weighted by molar-refractivity contribution is -0.150. The number of hydrogen-bond donors (Lipinski definition) is 1. The van der Waals surface area contributed by atoms with Gasteiger partial charge < -0.3 is 9.84 Å². The second-order valence-corrected chi connectivity index (χ2v) is 5.80. The van der Waals surface area contributed by atoms with Gasteiger partial charge in [-0.2, -0.15) is 0 Å². The SMILES string of the molecule is CCN(Cc1cccs1)CC1(C(=O)O)CCOC1. The van der Waals surface area contributed by atoms with Gasteiger partial charge in [-0.1, -0.05) is 13.0 Å². The van der Waals surface area contributed by atoms with Crippen molar-refractivity contribution in [2.24, 2.45) is 5.41 Å². The Morgan fingerprint density at radius 1 is 1.67 bits per heavy atom. The van der Waals surface area contributed by atoms with E-state index in [2.05, 4.69) is 23.3 Å². The van der Waals surface area contributed by atoms with Gasteiger partial charge in [-0.15, -0.1) is 11.3 Å². The number of ether oxygens (including phenoxy) is 1. The van der Waals surface area contributed by atoms with Crippen molar-refractivity contribution in [2.75, 3.05) is 26.3 Å². The van der Waals surface area contributed by atoms with Crippen molar-refractivity contribution in [3.05, 3.63) is 22.4 Å². The second-order valence-electron chi connectivity index (χ2n) is 4.77. The first-order valence-electron chi connectivity index (χ1n) is 6.22. The van der Waals surface area contributed by atoms with Crippen molar-refractivity contribution in [3.8, 4) is 0 Å². The Morgan fingerprint density at radius 3 is 3.00 bits per heavy atom. The molecule has 1 unspecified atom stereocenters. The van der Waals surface area contributed by atoms with Gasteiger partial charge >= 0.3 is 5.97 Å². The van der Waals surface area contributed by atoms with Gasteiger partial charge in [0.05, 0.1) is 6.61 Å². The minimum Gasteiger partial charge on any atom is -0.481 e. The minimum absolute atomic E-state index is 0.337. The summed E-state index contributed by atoms with van der Waals surface area (Å²) in [5.74, 6) is -0.732. The predicted molar refractivity (Wildman–Crippen MR) is 70.8 cm³/mol. The molecule has 100 valence electrons. The first kappa shape index (κ1) is 13.5. The van der Waals surface area contributed by atoms with Crippen LogP contribution in [0.25, 0.3) is 0 Å². The molecule has 1 atom stereocenters. The summed E-state index contributed by atoms with van der Waals surface area (Å²) in [4.78, 5) is 14.9. The number of hydrogen-bond acceptors (Lipinski definition) is 4. The highest BCUT2D eigenvalue weighted by molar-refractivity contribution is 7.09. The average molecular weight is 269 g/mol. The zero-order valence-corrected chi connectivity index (χ0v) is 11.4. The Kier molecular flexibility index (Phi) is 4.37. The molecule has 1 N–H and O–H groups in total. The van der Waals surface area contributed by atoms with Gasteiger partial charge in [0, 0.05) is 24.6 Å². The molecule has 4 nitrogen and oxygen atoms in total. The van der Waals surface area contributed by atoms with Crippen LogP contribution in [-0.2, 0) is 16.1 Å². The summed E-state index contributed by atoms with van der Waals surface area (Å²) in [6.07, 6.45) is 0.614. The Bertz CT molecular complexity index is 385. The molecule has 1 aromatic heterocycles. The highest BCUT2D eigenvalue weighted by Crippen LogP contribution is 2.30. The van der Waals surface area contributed by atoms with Crippen molar-refractivity contribution in [3.63, 3.8) is 0 Å². The van der Waals surface area contributed by atoms with E-state index in [-0.39, 0.29) is 0 Å². The maximum absolute atomic E-state index is 11.5. The topological polar surface area (TPSA) is 49.8 Å². The lowest BCUT2D eigenvalue weighted by Crippen LogP contribution is -2.43. The van der Waals surface area contributed by atoms with Crippen molar-refractivity contribution in [2.45, 2.75) is 19.9 Å². The summed E-state index contributed by atoms with van der Waals surface area (Å²) < 4.78 is 5.30.